The van der Waals surface area contributed by atoms with Gasteiger partial charge in [-0.1, -0.05) is 36.4 Å². The molecule has 1 saturated heterocycles. The number of nitrogens with one attached hydrogen (secondary N) is 1. The lowest BCUT2D eigenvalue weighted by molar-refractivity contribution is -0.120. The maximum atomic E-state index is 12.1. The first-order valence-electron chi connectivity index (χ1n) is 8.08. The summed E-state index contributed by atoms with van der Waals surface area (Å²) in [5.74, 6) is 0.576. The molecule has 0 aromatic heterocycles. The van der Waals surface area contributed by atoms with E-state index in [9.17, 15) is 9.59 Å². The van der Waals surface area contributed by atoms with Crippen LogP contribution in [0.2, 0.25) is 0 Å². The fourth-order valence-electron chi connectivity index (χ4n) is 2.69. The van der Waals surface area contributed by atoms with Gasteiger partial charge in [-0.25, -0.2) is 4.79 Å². The molecule has 2 aromatic rings. The van der Waals surface area contributed by atoms with Gasteiger partial charge in [0.2, 0.25) is 5.91 Å². The highest BCUT2D eigenvalue weighted by atomic mass is 16.6. The standard InChI is InChI=1S/C19H20N2O4/c1-24-16-9-5-8-15(11-16)21-13-17(25-19(21)23)12-20-18(22)10-14-6-3-2-4-7-14/h2-9,11,17H,10,12-13H2,1H3,(H,20,22). The van der Waals surface area contributed by atoms with Crippen LogP contribution in [0.15, 0.2) is 54.6 Å². The monoisotopic (exact) mass is 340 g/mol. The second kappa shape index (κ2) is 7.70. The molecule has 1 aliphatic heterocycles. The molecule has 1 N–H and O–H groups in total. The molecule has 6 heteroatoms. The highest BCUT2D eigenvalue weighted by Crippen LogP contribution is 2.25. The van der Waals surface area contributed by atoms with E-state index < -0.39 is 6.09 Å². The maximum Gasteiger partial charge on any atom is 0.414 e. The fourth-order valence-corrected chi connectivity index (χ4v) is 2.69. The minimum absolute atomic E-state index is 0.0953. The Kier molecular flexibility index (Phi) is 5.18. The van der Waals surface area contributed by atoms with Crippen molar-refractivity contribution < 1.29 is 19.1 Å². The Morgan fingerprint density at radius 2 is 2.04 bits per heavy atom. The number of ether oxygens (including phenoxy) is 2. The van der Waals surface area contributed by atoms with Gasteiger partial charge in [-0.15, -0.1) is 0 Å². The van der Waals surface area contributed by atoms with Gasteiger partial charge >= 0.3 is 6.09 Å². The molecule has 130 valence electrons. The van der Waals surface area contributed by atoms with Gasteiger partial charge in [0.15, 0.2) is 0 Å². The summed E-state index contributed by atoms with van der Waals surface area (Å²) in [4.78, 5) is 25.6. The van der Waals surface area contributed by atoms with Crippen LogP contribution >= 0.6 is 0 Å². The van der Waals surface area contributed by atoms with Crippen molar-refractivity contribution in [3.05, 3.63) is 60.2 Å². The molecule has 2 amide bonds. The summed E-state index contributed by atoms with van der Waals surface area (Å²) in [6.45, 7) is 0.676. The van der Waals surface area contributed by atoms with Crippen molar-refractivity contribution in [3.8, 4) is 5.75 Å². The molecule has 1 atom stereocenters. The van der Waals surface area contributed by atoms with E-state index in [2.05, 4.69) is 5.32 Å². The predicted molar refractivity (Wildman–Crippen MR) is 93.8 cm³/mol. The van der Waals surface area contributed by atoms with Crippen molar-refractivity contribution in [2.24, 2.45) is 0 Å². The van der Waals surface area contributed by atoms with Crippen molar-refractivity contribution >= 4 is 17.7 Å². The number of methoxy groups -OCH3 is 1. The van der Waals surface area contributed by atoms with E-state index in [1.165, 1.54) is 4.90 Å². The smallest absolute Gasteiger partial charge is 0.414 e. The summed E-state index contributed by atoms with van der Waals surface area (Å²) < 4.78 is 10.5. The quantitative estimate of drug-likeness (QED) is 0.877. The maximum absolute atomic E-state index is 12.1. The molecule has 0 radical (unpaired) electrons. The summed E-state index contributed by atoms with van der Waals surface area (Å²) >= 11 is 0. The lowest BCUT2D eigenvalue weighted by Gasteiger charge is -2.14. The summed E-state index contributed by atoms with van der Waals surface area (Å²) in [7, 11) is 1.58. The van der Waals surface area contributed by atoms with E-state index >= 15 is 0 Å². The highest BCUT2D eigenvalue weighted by Gasteiger charge is 2.32. The third-order valence-corrected chi connectivity index (χ3v) is 3.97. The average Bonchev–Trinajstić information content (AvgIpc) is 3.02. The number of rotatable bonds is 6. The zero-order valence-corrected chi connectivity index (χ0v) is 14.0. The molecule has 1 fully saturated rings. The second-order valence-corrected chi connectivity index (χ2v) is 5.78. The molecule has 1 aliphatic rings. The zero-order chi connectivity index (χ0) is 17.6. The molecule has 1 unspecified atom stereocenters. The van der Waals surface area contributed by atoms with Gasteiger partial charge in [-0.3, -0.25) is 9.69 Å². The van der Waals surface area contributed by atoms with Crippen LogP contribution in [0.25, 0.3) is 0 Å². The Balaban J connectivity index is 1.53. The van der Waals surface area contributed by atoms with E-state index in [0.29, 0.717) is 24.4 Å². The van der Waals surface area contributed by atoms with Gasteiger partial charge in [-0.05, 0) is 17.7 Å². The van der Waals surface area contributed by atoms with Gasteiger partial charge in [0.05, 0.1) is 32.3 Å². The van der Waals surface area contributed by atoms with Crippen LogP contribution < -0.4 is 15.0 Å². The van der Waals surface area contributed by atoms with Crippen LogP contribution in [0.4, 0.5) is 10.5 Å². The minimum atomic E-state index is -0.421. The van der Waals surface area contributed by atoms with E-state index in [4.69, 9.17) is 9.47 Å². The summed E-state index contributed by atoms with van der Waals surface area (Å²) in [6, 6.07) is 16.7. The van der Waals surface area contributed by atoms with E-state index in [1.54, 1.807) is 13.2 Å². The number of hydrogen-bond donors (Lipinski definition) is 1. The number of cyclic esters (lactones) is 1. The van der Waals surface area contributed by atoms with Gasteiger partial charge in [0.25, 0.3) is 0 Å². The van der Waals surface area contributed by atoms with Crippen molar-refractivity contribution in [1.82, 2.24) is 5.32 Å². The average molecular weight is 340 g/mol. The van der Waals surface area contributed by atoms with Gasteiger partial charge in [0, 0.05) is 6.07 Å². The van der Waals surface area contributed by atoms with Crippen molar-refractivity contribution in [3.63, 3.8) is 0 Å². The highest BCUT2D eigenvalue weighted by molar-refractivity contribution is 5.90. The predicted octanol–water partition coefficient (Wildman–Crippen LogP) is 2.38. The largest absolute Gasteiger partial charge is 0.497 e. The Bertz CT molecular complexity index is 748. The number of carbonyl (C=O) groups is 2. The fraction of sp³-hybridized carbons (Fsp3) is 0.263. The molecule has 6 nitrogen and oxygen atoms in total. The number of hydrogen-bond acceptors (Lipinski definition) is 4. The van der Waals surface area contributed by atoms with Crippen LogP contribution in [-0.4, -0.2) is 38.3 Å². The third-order valence-electron chi connectivity index (χ3n) is 3.97. The van der Waals surface area contributed by atoms with Crippen LogP contribution in [0, 0.1) is 0 Å². The van der Waals surface area contributed by atoms with Crippen molar-refractivity contribution in [2.45, 2.75) is 12.5 Å². The topological polar surface area (TPSA) is 67.9 Å². The molecule has 2 aromatic carbocycles. The molecule has 0 aliphatic carbocycles. The Labute approximate surface area is 146 Å². The first kappa shape index (κ1) is 16.8. The summed E-state index contributed by atoms with van der Waals surface area (Å²) in [5.41, 5.74) is 1.66. The molecule has 0 bridgehead atoms. The second-order valence-electron chi connectivity index (χ2n) is 5.78. The van der Waals surface area contributed by atoms with Crippen LogP contribution in [0.3, 0.4) is 0 Å². The van der Waals surface area contributed by atoms with E-state index in [0.717, 1.165) is 5.56 Å². The molecule has 1 heterocycles. The molecule has 0 spiro atoms. The van der Waals surface area contributed by atoms with Gasteiger partial charge in [-0.2, -0.15) is 0 Å². The normalized spacial score (nSPS) is 16.4. The molecule has 25 heavy (non-hydrogen) atoms. The Hall–Kier alpha value is -3.02. The third kappa shape index (κ3) is 4.29. The lowest BCUT2D eigenvalue weighted by Crippen LogP contribution is -2.35. The number of benzene rings is 2. The zero-order valence-electron chi connectivity index (χ0n) is 14.0. The molecule has 3 rings (SSSR count). The lowest BCUT2D eigenvalue weighted by atomic mass is 10.1. The number of carbonyl (C=O) groups excluding carboxylic acids is 2. The van der Waals surface area contributed by atoms with Crippen molar-refractivity contribution in [1.29, 1.82) is 0 Å². The molecular formula is C19H20N2O4. The number of anilines is 1. The SMILES string of the molecule is COc1cccc(N2CC(CNC(=O)Cc3ccccc3)OC2=O)c1. The summed E-state index contributed by atoms with van der Waals surface area (Å²) in [5, 5.41) is 2.82. The number of nitrogens with zero attached hydrogens (tertiary/aromatic N) is 1. The first-order chi connectivity index (χ1) is 12.2. The number of amides is 2. The van der Waals surface area contributed by atoms with E-state index in [1.807, 2.05) is 48.5 Å². The minimum Gasteiger partial charge on any atom is -0.497 e. The van der Waals surface area contributed by atoms with Crippen LogP contribution in [0.1, 0.15) is 5.56 Å². The molecule has 0 saturated carbocycles. The van der Waals surface area contributed by atoms with Gasteiger partial charge in [0.1, 0.15) is 11.9 Å². The Morgan fingerprint density at radius 1 is 1.24 bits per heavy atom. The van der Waals surface area contributed by atoms with Gasteiger partial charge < -0.3 is 14.8 Å². The molecular weight excluding hydrogens is 320 g/mol. The van der Waals surface area contributed by atoms with E-state index in [-0.39, 0.29) is 18.6 Å². The van der Waals surface area contributed by atoms with Crippen LogP contribution in [0.5, 0.6) is 5.75 Å². The van der Waals surface area contributed by atoms with Crippen LogP contribution in [-0.2, 0) is 16.0 Å². The Morgan fingerprint density at radius 3 is 2.80 bits per heavy atom. The summed E-state index contributed by atoms with van der Waals surface area (Å²) in [6.07, 6.45) is -0.491. The van der Waals surface area contributed by atoms with Crippen molar-refractivity contribution in [2.75, 3.05) is 25.1 Å². The first-order valence-corrected chi connectivity index (χ1v) is 8.08.